The Bertz CT molecular complexity index is 406. The molecule has 1 saturated carbocycles. The number of aromatic nitrogens is 1. The molecule has 0 aromatic carbocycles. The molecule has 1 amide bonds. The second-order valence-electron chi connectivity index (χ2n) is 4.47. The summed E-state index contributed by atoms with van der Waals surface area (Å²) in [6, 6.07) is 3.75. The van der Waals surface area contributed by atoms with E-state index >= 15 is 0 Å². The fraction of sp³-hybridized carbons (Fsp3) is 0.538. The van der Waals surface area contributed by atoms with Crippen molar-refractivity contribution in [3.05, 3.63) is 23.9 Å². The third kappa shape index (κ3) is 3.19. The predicted molar refractivity (Wildman–Crippen MR) is 64.5 cm³/mol. The Balaban J connectivity index is 1.85. The van der Waals surface area contributed by atoms with E-state index in [2.05, 4.69) is 17.2 Å². The van der Waals surface area contributed by atoms with E-state index in [4.69, 9.17) is 4.74 Å². The Morgan fingerprint density at radius 3 is 3.06 bits per heavy atom. The summed E-state index contributed by atoms with van der Waals surface area (Å²) in [4.78, 5) is 15.7. The molecule has 0 saturated heterocycles. The minimum atomic E-state index is 0.160. The molecule has 1 fully saturated rings. The molecule has 1 aliphatic carbocycles. The van der Waals surface area contributed by atoms with Crippen molar-refractivity contribution in [3.8, 4) is 5.88 Å². The minimum absolute atomic E-state index is 0.160. The molecular weight excluding hydrogens is 216 g/mol. The summed E-state index contributed by atoms with van der Waals surface area (Å²) in [5.41, 5.74) is 1.02. The van der Waals surface area contributed by atoms with Crippen LogP contribution in [-0.2, 0) is 11.3 Å². The van der Waals surface area contributed by atoms with E-state index in [0.29, 0.717) is 24.9 Å². The molecule has 1 aromatic rings. The van der Waals surface area contributed by atoms with Crippen LogP contribution in [0.2, 0.25) is 0 Å². The number of hydrogen-bond acceptors (Lipinski definition) is 3. The van der Waals surface area contributed by atoms with Gasteiger partial charge < -0.3 is 10.1 Å². The lowest BCUT2D eigenvalue weighted by Gasteiger charge is -2.06. The summed E-state index contributed by atoms with van der Waals surface area (Å²) in [6.07, 6.45) is 2.72. The molecule has 4 heteroatoms. The van der Waals surface area contributed by atoms with Gasteiger partial charge in [-0.2, -0.15) is 0 Å². The van der Waals surface area contributed by atoms with Gasteiger partial charge in [0.1, 0.15) is 0 Å². The van der Waals surface area contributed by atoms with Crippen LogP contribution in [0.15, 0.2) is 18.3 Å². The maximum atomic E-state index is 11.6. The van der Waals surface area contributed by atoms with E-state index in [9.17, 15) is 4.79 Å². The van der Waals surface area contributed by atoms with E-state index < -0.39 is 0 Å². The highest BCUT2D eigenvalue weighted by atomic mass is 16.5. The number of nitrogens with one attached hydrogen (secondary N) is 1. The number of hydrogen-bond donors (Lipinski definition) is 1. The lowest BCUT2D eigenvalue weighted by molar-refractivity contribution is -0.122. The molecule has 0 spiro atoms. The van der Waals surface area contributed by atoms with Crippen LogP contribution in [0.5, 0.6) is 5.88 Å². The third-order valence-corrected chi connectivity index (χ3v) is 3.00. The molecule has 1 aliphatic rings. The van der Waals surface area contributed by atoms with Crippen molar-refractivity contribution in [2.75, 3.05) is 6.61 Å². The van der Waals surface area contributed by atoms with Crippen LogP contribution in [0.1, 0.15) is 25.8 Å². The van der Waals surface area contributed by atoms with E-state index in [1.807, 2.05) is 19.1 Å². The molecule has 2 atom stereocenters. The zero-order valence-electron chi connectivity index (χ0n) is 10.3. The summed E-state index contributed by atoms with van der Waals surface area (Å²) in [5.74, 6) is 1.54. The second-order valence-corrected chi connectivity index (χ2v) is 4.47. The molecule has 1 heterocycles. The van der Waals surface area contributed by atoms with Crippen molar-refractivity contribution in [3.63, 3.8) is 0 Å². The Morgan fingerprint density at radius 1 is 1.65 bits per heavy atom. The van der Waals surface area contributed by atoms with Crippen molar-refractivity contribution >= 4 is 5.91 Å². The average molecular weight is 234 g/mol. The quantitative estimate of drug-likeness (QED) is 0.844. The van der Waals surface area contributed by atoms with Crippen LogP contribution < -0.4 is 10.1 Å². The van der Waals surface area contributed by atoms with Crippen molar-refractivity contribution < 1.29 is 9.53 Å². The highest BCUT2D eigenvalue weighted by Crippen LogP contribution is 2.37. The Labute approximate surface area is 101 Å². The van der Waals surface area contributed by atoms with Gasteiger partial charge >= 0.3 is 0 Å². The fourth-order valence-electron chi connectivity index (χ4n) is 1.79. The van der Waals surface area contributed by atoms with Crippen LogP contribution in [-0.4, -0.2) is 17.5 Å². The topological polar surface area (TPSA) is 51.2 Å². The predicted octanol–water partition coefficient (Wildman–Crippen LogP) is 1.75. The first-order valence-electron chi connectivity index (χ1n) is 6.06. The normalized spacial score (nSPS) is 22.0. The summed E-state index contributed by atoms with van der Waals surface area (Å²) >= 11 is 0. The maximum Gasteiger partial charge on any atom is 0.223 e. The number of amides is 1. The summed E-state index contributed by atoms with van der Waals surface area (Å²) in [5, 5.41) is 2.94. The smallest absolute Gasteiger partial charge is 0.223 e. The first-order chi connectivity index (χ1) is 8.20. The number of nitrogens with zero attached hydrogens (tertiary/aromatic N) is 1. The number of carbonyl (C=O) groups excluding carboxylic acids is 1. The summed E-state index contributed by atoms with van der Waals surface area (Å²) in [6.45, 7) is 5.17. The minimum Gasteiger partial charge on any atom is -0.478 e. The Morgan fingerprint density at radius 2 is 2.41 bits per heavy atom. The van der Waals surface area contributed by atoms with Crippen LogP contribution >= 0.6 is 0 Å². The summed E-state index contributed by atoms with van der Waals surface area (Å²) < 4.78 is 5.31. The van der Waals surface area contributed by atoms with Gasteiger partial charge in [0, 0.05) is 24.7 Å². The third-order valence-electron chi connectivity index (χ3n) is 3.00. The van der Waals surface area contributed by atoms with Crippen molar-refractivity contribution in [2.45, 2.75) is 26.8 Å². The van der Waals surface area contributed by atoms with E-state index in [-0.39, 0.29) is 11.8 Å². The highest BCUT2D eigenvalue weighted by Gasteiger charge is 2.38. The van der Waals surface area contributed by atoms with Crippen LogP contribution in [0.25, 0.3) is 0 Å². The van der Waals surface area contributed by atoms with Gasteiger partial charge in [0.25, 0.3) is 0 Å². The van der Waals surface area contributed by atoms with E-state index in [1.54, 1.807) is 6.20 Å². The summed E-state index contributed by atoms with van der Waals surface area (Å²) in [7, 11) is 0. The molecule has 0 radical (unpaired) electrons. The number of carbonyl (C=O) groups is 1. The molecule has 2 rings (SSSR count). The van der Waals surface area contributed by atoms with Crippen LogP contribution in [0.4, 0.5) is 0 Å². The van der Waals surface area contributed by atoms with Gasteiger partial charge in [0.15, 0.2) is 0 Å². The van der Waals surface area contributed by atoms with E-state index in [1.165, 1.54) is 0 Å². The van der Waals surface area contributed by atoms with Crippen LogP contribution in [0, 0.1) is 11.8 Å². The molecule has 1 N–H and O–H groups in total. The number of rotatable bonds is 5. The van der Waals surface area contributed by atoms with Gasteiger partial charge in [0.2, 0.25) is 11.8 Å². The second kappa shape index (κ2) is 5.17. The van der Waals surface area contributed by atoms with Gasteiger partial charge in [-0.25, -0.2) is 4.98 Å². The first kappa shape index (κ1) is 11.9. The lowest BCUT2D eigenvalue weighted by atomic mass is 10.2. The maximum absolute atomic E-state index is 11.6. The molecular formula is C13H18N2O2. The lowest BCUT2D eigenvalue weighted by Crippen LogP contribution is -2.24. The Hall–Kier alpha value is -1.58. The van der Waals surface area contributed by atoms with Crippen molar-refractivity contribution in [1.29, 1.82) is 0 Å². The molecule has 0 unspecified atom stereocenters. The molecule has 0 bridgehead atoms. The zero-order valence-corrected chi connectivity index (χ0v) is 10.3. The van der Waals surface area contributed by atoms with Crippen molar-refractivity contribution in [1.82, 2.24) is 10.3 Å². The van der Waals surface area contributed by atoms with E-state index in [0.717, 1.165) is 12.0 Å². The van der Waals surface area contributed by atoms with Gasteiger partial charge in [-0.3, -0.25) is 4.79 Å². The standard InChI is InChI=1S/C13H18N2O2/c1-3-17-12-7-10(4-5-14-12)8-15-13(16)11-6-9(11)2/h4-5,7,9,11H,3,6,8H2,1-2H3,(H,15,16)/t9-,11+/m0/s1. The molecule has 0 aliphatic heterocycles. The monoisotopic (exact) mass is 234 g/mol. The van der Waals surface area contributed by atoms with Crippen LogP contribution in [0.3, 0.4) is 0 Å². The number of ether oxygens (including phenoxy) is 1. The van der Waals surface area contributed by atoms with Gasteiger partial charge in [-0.1, -0.05) is 6.92 Å². The first-order valence-corrected chi connectivity index (χ1v) is 6.06. The number of pyridine rings is 1. The van der Waals surface area contributed by atoms with Gasteiger partial charge in [-0.05, 0) is 30.9 Å². The van der Waals surface area contributed by atoms with Crippen molar-refractivity contribution in [2.24, 2.45) is 11.8 Å². The highest BCUT2D eigenvalue weighted by molar-refractivity contribution is 5.81. The molecule has 92 valence electrons. The SMILES string of the molecule is CCOc1cc(CNC(=O)[C@@H]2C[C@@H]2C)ccn1. The Kier molecular flexibility index (Phi) is 3.61. The molecule has 4 nitrogen and oxygen atoms in total. The molecule has 1 aromatic heterocycles. The zero-order chi connectivity index (χ0) is 12.3. The largest absolute Gasteiger partial charge is 0.478 e. The van der Waals surface area contributed by atoms with Gasteiger partial charge in [0.05, 0.1) is 6.61 Å². The fourth-order valence-corrected chi connectivity index (χ4v) is 1.79. The average Bonchev–Trinajstić information content (AvgIpc) is 3.04. The van der Waals surface area contributed by atoms with Gasteiger partial charge in [-0.15, -0.1) is 0 Å². The molecule has 17 heavy (non-hydrogen) atoms.